The van der Waals surface area contributed by atoms with Gasteiger partial charge in [0.15, 0.2) is 0 Å². The second-order valence-electron chi connectivity index (χ2n) is 12.6. The van der Waals surface area contributed by atoms with Crippen molar-refractivity contribution in [1.29, 1.82) is 0 Å². The van der Waals surface area contributed by atoms with Crippen LogP contribution in [0.5, 0.6) is 0 Å². The zero-order valence-corrected chi connectivity index (χ0v) is 26.6. The Hall–Kier alpha value is -6.24. The molecule has 0 bridgehead atoms. The summed E-state index contributed by atoms with van der Waals surface area (Å²) in [6, 6.07) is 59.6. The maximum atomic E-state index is 4.68. The maximum absolute atomic E-state index is 4.68. The normalized spacial score (nSPS) is 11.5. The van der Waals surface area contributed by atoms with E-state index in [1.807, 2.05) is 6.08 Å². The van der Waals surface area contributed by atoms with Gasteiger partial charge in [0.2, 0.25) is 0 Å². The second-order valence-corrected chi connectivity index (χ2v) is 12.6. The maximum Gasteiger partial charge on any atom is -0.00261 e. The Morgan fingerprint density at radius 2 is 0.958 bits per heavy atom. The van der Waals surface area contributed by atoms with Gasteiger partial charge in [-0.1, -0.05) is 165 Å². The molecule has 0 spiro atoms. The van der Waals surface area contributed by atoms with Crippen molar-refractivity contribution in [3.05, 3.63) is 194 Å². The molecule has 9 aromatic carbocycles. The van der Waals surface area contributed by atoms with E-state index >= 15 is 0 Å². The van der Waals surface area contributed by atoms with E-state index in [1.54, 1.807) is 0 Å². The third kappa shape index (κ3) is 4.38. The minimum atomic E-state index is 1.01. The lowest BCUT2D eigenvalue weighted by Crippen LogP contribution is -1.96. The first kappa shape index (κ1) is 28.0. The summed E-state index contributed by atoms with van der Waals surface area (Å²) >= 11 is 0. The molecule has 0 aliphatic rings. The smallest absolute Gasteiger partial charge is 0.00261 e. The number of benzene rings is 9. The van der Waals surface area contributed by atoms with E-state index in [9.17, 15) is 0 Å². The van der Waals surface area contributed by atoms with Crippen molar-refractivity contribution in [1.82, 2.24) is 0 Å². The highest BCUT2D eigenvalue weighted by Gasteiger charge is 2.19. The average molecular weight is 609 g/mol. The molecule has 0 heterocycles. The summed E-state index contributed by atoms with van der Waals surface area (Å²) in [6.45, 7) is 8.76. The lowest BCUT2D eigenvalue weighted by Gasteiger charge is -2.20. The van der Waals surface area contributed by atoms with Crippen molar-refractivity contribution < 1.29 is 0 Å². The first-order valence-corrected chi connectivity index (χ1v) is 16.5. The Bertz CT molecular complexity index is 2700. The quantitative estimate of drug-likeness (QED) is 0.135. The fourth-order valence-electron chi connectivity index (χ4n) is 7.71. The Labute approximate surface area is 280 Å². The molecule has 224 valence electrons. The van der Waals surface area contributed by atoms with E-state index in [1.165, 1.54) is 81.7 Å². The van der Waals surface area contributed by atoms with Gasteiger partial charge in [-0.05, 0) is 117 Å². The summed E-state index contributed by atoms with van der Waals surface area (Å²) in [5.41, 5.74) is 9.32. The second kappa shape index (κ2) is 11.2. The largest absolute Gasteiger partial charge is 0.0984 e. The van der Waals surface area contributed by atoms with E-state index in [2.05, 4.69) is 177 Å². The molecule has 0 N–H and O–H groups in total. The van der Waals surface area contributed by atoms with Crippen LogP contribution in [0.2, 0.25) is 0 Å². The van der Waals surface area contributed by atoms with Crippen LogP contribution in [-0.2, 0) is 0 Å². The van der Waals surface area contributed by atoms with E-state index in [4.69, 9.17) is 0 Å². The van der Waals surface area contributed by atoms with Crippen LogP contribution in [0.15, 0.2) is 177 Å². The van der Waals surface area contributed by atoms with Crippen LogP contribution in [-0.4, -0.2) is 0 Å². The topological polar surface area (TPSA) is 0 Å². The first-order chi connectivity index (χ1) is 23.7. The van der Waals surface area contributed by atoms with Crippen molar-refractivity contribution in [2.45, 2.75) is 0 Å². The van der Waals surface area contributed by atoms with Crippen molar-refractivity contribution in [2.24, 2.45) is 0 Å². The van der Waals surface area contributed by atoms with Crippen LogP contribution < -0.4 is 0 Å². The van der Waals surface area contributed by atoms with Gasteiger partial charge in [-0.15, -0.1) is 0 Å². The van der Waals surface area contributed by atoms with Crippen molar-refractivity contribution >= 4 is 65.5 Å². The zero-order valence-electron chi connectivity index (χ0n) is 26.6. The van der Waals surface area contributed by atoms with E-state index in [0.717, 1.165) is 16.7 Å². The lowest BCUT2D eigenvalue weighted by atomic mass is 9.83. The molecular weight excluding hydrogens is 577 g/mol. The summed E-state index contributed by atoms with van der Waals surface area (Å²) in [7, 11) is 0. The number of hydrogen-bond donors (Lipinski definition) is 0. The molecule has 0 aliphatic carbocycles. The molecule has 0 amide bonds. The molecule has 0 fully saturated rings. The van der Waals surface area contributed by atoms with Crippen LogP contribution in [0.3, 0.4) is 0 Å². The Balaban J connectivity index is 1.28. The molecular formula is C48H32. The highest BCUT2D eigenvalue weighted by molar-refractivity contribution is 6.20. The molecule has 0 aliphatic heterocycles. The predicted molar refractivity (Wildman–Crippen MR) is 210 cm³/mol. The highest BCUT2D eigenvalue weighted by atomic mass is 14.2. The zero-order chi connectivity index (χ0) is 32.2. The Kier molecular flexibility index (Phi) is 6.55. The number of hydrogen-bond acceptors (Lipinski definition) is 0. The first-order valence-electron chi connectivity index (χ1n) is 16.5. The summed E-state index contributed by atoms with van der Waals surface area (Å²) in [6.07, 6.45) is 1.92. The molecule has 0 atom stereocenters. The Morgan fingerprint density at radius 1 is 0.417 bits per heavy atom. The van der Waals surface area contributed by atoms with Gasteiger partial charge in [-0.3, -0.25) is 0 Å². The molecule has 0 nitrogen and oxygen atoms in total. The van der Waals surface area contributed by atoms with Gasteiger partial charge in [0.05, 0.1) is 0 Å². The summed E-state index contributed by atoms with van der Waals surface area (Å²) in [5, 5.41) is 12.4. The third-order valence-corrected chi connectivity index (χ3v) is 9.95. The van der Waals surface area contributed by atoms with Gasteiger partial charge < -0.3 is 0 Å². The fourth-order valence-corrected chi connectivity index (χ4v) is 7.71. The molecule has 0 saturated carbocycles. The molecule has 0 heteroatoms. The highest BCUT2D eigenvalue weighted by Crippen LogP contribution is 2.44. The Morgan fingerprint density at radius 3 is 1.67 bits per heavy atom. The van der Waals surface area contributed by atoms with Gasteiger partial charge in [0.25, 0.3) is 0 Å². The van der Waals surface area contributed by atoms with E-state index < -0.39 is 0 Å². The monoisotopic (exact) mass is 608 g/mol. The third-order valence-electron chi connectivity index (χ3n) is 9.95. The fraction of sp³-hybridized carbons (Fsp3) is 0. The van der Waals surface area contributed by atoms with Crippen LogP contribution in [0.1, 0.15) is 16.7 Å². The van der Waals surface area contributed by atoms with Gasteiger partial charge in [0.1, 0.15) is 0 Å². The van der Waals surface area contributed by atoms with Crippen molar-refractivity contribution in [2.75, 3.05) is 0 Å². The van der Waals surface area contributed by atoms with Crippen LogP contribution in [0.25, 0.3) is 87.8 Å². The van der Waals surface area contributed by atoms with E-state index in [0.29, 0.717) is 0 Å². The predicted octanol–water partition coefficient (Wildman–Crippen LogP) is 13.5. The van der Waals surface area contributed by atoms with Crippen LogP contribution in [0.4, 0.5) is 0 Å². The minimum absolute atomic E-state index is 1.01. The number of fused-ring (bicyclic) bond motifs is 6. The van der Waals surface area contributed by atoms with Crippen LogP contribution in [0, 0.1) is 0 Å². The average Bonchev–Trinajstić information content (AvgIpc) is 3.15. The molecule has 9 rings (SSSR count). The SMILES string of the molecule is C=Cc1ccccc1C(=C)c1c2ccccc2c(-c2ccc3ccc(-c4cc5ccccc5c5ccccc45)cc3c2)c2ccccc12. The van der Waals surface area contributed by atoms with Gasteiger partial charge >= 0.3 is 0 Å². The van der Waals surface area contributed by atoms with Gasteiger partial charge in [0, 0.05) is 0 Å². The molecule has 0 radical (unpaired) electrons. The van der Waals surface area contributed by atoms with E-state index in [-0.39, 0.29) is 0 Å². The molecule has 0 unspecified atom stereocenters. The lowest BCUT2D eigenvalue weighted by molar-refractivity contribution is 1.57. The van der Waals surface area contributed by atoms with Crippen molar-refractivity contribution in [3.63, 3.8) is 0 Å². The van der Waals surface area contributed by atoms with Gasteiger partial charge in [-0.25, -0.2) is 0 Å². The van der Waals surface area contributed by atoms with Crippen molar-refractivity contribution in [3.8, 4) is 22.3 Å². The molecule has 48 heavy (non-hydrogen) atoms. The molecule has 0 saturated heterocycles. The molecule has 0 aromatic heterocycles. The summed E-state index contributed by atoms with van der Waals surface area (Å²) in [4.78, 5) is 0. The summed E-state index contributed by atoms with van der Waals surface area (Å²) < 4.78 is 0. The van der Waals surface area contributed by atoms with Crippen LogP contribution >= 0.6 is 0 Å². The molecule has 9 aromatic rings. The number of rotatable bonds is 5. The standard InChI is InChI=1S/C48H32/c1-3-32-14-4-6-16-38(32)31(2)47-42-20-10-12-22-44(42)48(45-23-13-11-21-43(45)47)36-27-25-33-24-26-35(28-37(33)29-36)46-30-34-15-5-7-17-39(34)40-18-8-9-19-41(40)46/h3-30H,1-2H2. The summed E-state index contributed by atoms with van der Waals surface area (Å²) in [5.74, 6) is 0. The van der Waals surface area contributed by atoms with Gasteiger partial charge in [-0.2, -0.15) is 0 Å². The minimum Gasteiger partial charge on any atom is -0.0984 e.